The zero-order chi connectivity index (χ0) is 9.14. The van der Waals surface area contributed by atoms with Gasteiger partial charge in [0.05, 0.1) is 10.2 Å². The highest BCUT2D eigenvalue weighted by atomic mass is 79.9. The molecule has 0 saturated heterocycles. The molecule has 1 aromatic heterocycles. The van der Waals surface area contributed by atoms with E-state index in [1.54, 1.807) is 0 Å². The Morgan fingerprint density at radius 2 is 2.42 bits per heavy atom. The quantitative estimate of drug-likeness (QED) is 0.854. The van der Waals surface area contributed by atoms with E-state index < -0.39 is 0 Å². The van der Waals surface area contributed by atoms with Crippen LogP contribution in [0, 0.1) is 5.92 Å². The minimum atomic E-state index is 0.496. The van der Waals surface area contributed by atoms with Gasteiger partial charge in [0.15, 0.2) is 0 Å². The minimum absolute atomic E-state index is 0.496. The van der Waals surface area contributed by atoms with Crippen LogP contribution in [-0.2, 0) is 13.5 Å². The van der Waals surface area contributed by atoms with Crippen molar-refractivity contribution in [3.05, 3.63) is 16.4 Å². The van der Waals surface area contributed by atoms with Crippen molar-refractivity contribution in [2.75, 3.05) is 6.54 Å². The number of nitrogens with two attached hydrogens (primary N) is 1. The normalized spacial score (nSPS) is 13.3. The number of nitrogens with zero attached hydrogens (tertiary/aromatic N) is 2. The molecule has 0 aliphatic heterocycles. The zero-order valence-corrected chi connectivity index (χ0v) is 9.00. The standard InChI is InChI=1S/C8H14BrN3/c1-6(4-10)3-8-7(9)5-12(2)11-8/h5-6H,3-4,10H2,1-2H3. The van der Waals surface area contributed by atoms with Gasteiger partial charge < -0.3 is 5.73 Å². The van der Waals surface area contributed by atoms with Crippen LogP contribution in [-0.4, -0.2) is 16.3 Å². The maximum Gasteiger partial charge on any atom is 0.0769 e. The Labute approximate surface area is 81.1 Å². The first-order valence-corrected chi connectivity index (χ1v) is 4.81. The average molecular weight is 232 g/mol. The molecule has 0 saturated carbocycles. The Balaban J connectivity index is 2.68. The predicted molar refractivity (Wildman–Crippen MR) is 52.8 cm³/mol. The van der Waals surface area contributed by atoms with Crippen LogP contribution in [0.15, 0.2) is 10.7 Å². The smallest absolute Gasteiger partial charge is 0.0769 e. The van der Waals surface area contributed by atoms with Crippen molar-refractivity contribution < 1.29 is 0 Å². The van der Waals surface area contributed by atoms with Crippen molar-refractivity contribution in [1.82, 2.24) is 9.78 Å². The van der Waals surface area contributed by atoms with Gasteiger partial charge in [-0.15, -0.1) is 0 Å². The fraction of sp³-hybridized carbons (Fsp3) is 0.625. The Bertz CT molecular complexity index is 257. The number of aryl methyl sites for hydroxylation is 1. The summed E-state index contributed by atoms with van der Waals surface area (Å²) < 4.78 is 2.88. The SMILES string of the molecule is CC(CN)Cc1nn(C)cc1Br. The molecular weight excluding hydrogens is 218 g/mol. The van der Waals surface area contributed by atoms with Gasteiger partial charge in [-0.25, -0.2) is 0 Å². The van der Waals surface area contributed by atoms with Crippen LogP contribution in [0.5, 0.6) is 0 Å². The summed E-state index contributed by atoms with van der Waals surface area (Å²) in [6.45, 7) is 2.84. The average Bonchev–Trinajstić information content (AvgIpc) is 2.30. The summed E-state index contributed by atoms with van der Waals surface area (Å²) in [4.78, 5) is 0. The Hall–Kier alpha value is -0.350. The molecule has 68 valence electrons. The van der Waals surface area contributed by atoms with Gasteiger partial charge in [-0.1, -0.05) is 6.92 Å². The molecule has 0 aliphatic carbocycles. The highest BCUT2D eigenvalue weighted by Gasteiger charge is 2.08. The Kier molecular flexibility index (Phi) is 3.29. The molecule has 0 aliphatic rings. The lowest BCUT2D eigenvalue weighted by Crippen LogP contribution is -2.13. The van der Waals surface area contributed by atoms with E-state index in [1.165, 1.54) is 0 Å². The molecule has 4 heteroatoms. The van der Waals surface area contributed by atoms with Crippen LogP contribution < -0.4 is 5.73 Å². The van der Waals surface area contributed by atoms with Gasteiger partial charge in [-0.2, -0.15) is 5.10 Å². The summed E-state index contributed by atoms with van der Waals surface area (Å²) >= 11 is 3.45. The topological polar surface area (TPSA) is 43.8 Å². The first-order chi connectivity index (χ1) is 5.63. The van der Waals surface area contributed by atoms with Gasteiger partial charge in [0.1, 0.15) is 0 Å². The zero-order valence-electron chi connectivity index (χ0n) is 7.42. The second kappa shape index (κ2) is 4.05. The highest BCUT2D eigenvalue weighted by Crippen LogP contribution is 2.17. The molecule has 1 atom stereocenters. The van der Waals surface area contributed by atoms with Crippen LogP contribution >= 0.6 is 15.9 Å². The molecule has 2 N–H and O–H groups in total. The molecule has 0 amide bonds. The van der Waals surface area contributed by atoms with E-state index in [0.717, 1.165) is 16.6 Å². The first kappa shape index (κ1) is 9.74. The second-order valence-corrected chi connectivity index (χ2v) is 4.00. The van der Waals surface area contributed by atoms with E-state index in [1.807, 2.05) is 17.9 Å². The largest absolute Gasteiger partial charge is 0.330 e. The van der Waals surface area contributed by atoms with Crippen molar-refractivity contribution in [3.8, 4) is 0 Å². The maximum atomic E-state index is 5.53. The van der Waals surface area contributed by atoms with Crippen molar-refractivity contribution >= 4 is 15.9 Å². The van der Waals surface area contributed by atoms with E-state index in [-0.39, 0.29) is 0 Å². The molecule has 0 spiro atoms. The van der Waals surface area contributed by atoms with Crippen LogP contribution in [0.1, 0.15) is 12.6 Å². The van der Waals surface area contributed by atoms with Gasteiger partial charge in [-0.05, 0) is 34.8 Å². The van der Waals surface area contributed by atoms with Gasteiger partial charge in [0.2, 0.25) is 0 Å². The van der Waals surface area contributed by atoms with Gasteiger partial charge in [-0.3, -0.25) is 4.68 Å². The van der Waals surface area contributed by atoms with Crippen molar-refractivity contribution in [2.45, 2.75) is 13.3 Å². The van der Waals surface area contributed by atoms with Crippen LogP contribution in [0.25, 0.3) is 0 Å². The Morgan fingerprint density at radius 1 is 1.75 bits per heavy atom. The van der Waals surface area contributed by atoms with Gasteiger partial charge >= 0.3 is 0 Å². The lowest BCUT2D eigenvalue weighted by molar-refractivity contribution is 0.575. The van der Waals surface area contributed by atoms with E-state index >= 15 is 0 Å². The fourth-order valence-corrected chi connectivity index (χ4v) is 1.59. The lowest BCUT2D eigenvalue weighted by Gasteiger charge is -2.04. The van der Waals surface area contributed by atoms with Gasteiger partial charge in [0, 0.05) is 13.2 Å². The van der Waals surface area contributed by atoms with E-state index in [0.29, 0.717) is 12.5 Å². The van der Waals surface area contributed by atoms with Crippen molar-refractivity contribution in [3.63, 3.8) is 0 Å². The third kappa shape index (κ3) is 2.32. The summed E-state index contributed by atoms with van der Waals surface area (Å²) in [6, 6.07) is 0. The van der Waals surface area contributed by atoms with E-state index in [9.17, 15) is 0 Å². The minimum Gasteiger partial charge on any atom is -0.330 e. The summed E-state index contributed by atoms with van der Waals surface area (Å²) in [5, 5.41) is 4.31. The summed E-state index contributed by atoms with van der Waals surface area (Å²) in [7, 11) is 1.92. The fourth-order valence-electron chi connectivity index (χ4n) is 1.06. The third-order valence-corrected chi connectivity index (χ3v) is 2.46. The molecule has 1 unspecified atom stereocenters. The number of halogens is 1. The molecule has 0 fully saturated rings. The molecule has 12 heavy (non-hydrogen) atoms. The Morgan fingerprint density at radius 3 is 2.83 bits per heavy atom. The highest BCUT2D eigenvalue weighted by molar-refractivity contribution is 9.10. The molecule has 3 nitrogen and oxygen atoms in total. The molecule has 0 aromatic carbocycles. The number of hydrogen-bond acceptors (Lipinski definition) is 2. The van der Waals surface area contributed by atoms with Gasteiger partial charge in [0.25, 0.3) is 0 Å². The first-order valence-electron chi connectivity index (χ1n) is 4.01. The third-order valence-electron chi connectivity index (χ3n) is 1.80. The monoisotopic (exact) mass is 231 g/mol. The number of hydrogen-bond donors (Lipinski definition) is 1. The molecule has 1 heterocycles. The maximum absolute atomic E-state index is 5.53. The summed E-state index contributed by atoms with van der Waals surface area (Å²) in [5.74, 6) is 0.496. The van der Waals surface area contributed by atoms with Crippen molar-refractivity contribution in [1.29, 1.82) is 0 Å². The molecule has 0 radical (unpaired) electrons. The summed E-state index contributed by atoms with van der Waals surface area (Å²) in [5.41, 5.74) is 6.62. The van der Waals surface area contributed by atoms with E-state index in [4.69, 9.17) is 5.73 Å². The second-order valence-electron chi connectivity index (χ2n) is 3.14. The molecule has 0 bridgehead atoms. The van der Waals surface area contributed by atoms with Crippen LogP contribution in [0.2, 0.25) is 0 Å². The van der Waals surface area contributed by atoms with Crippen molar-refractivity contribution in [2.24, 2.45) is 18.7 Å². The van der Waals surface area contributed by atoms with E-state index in [2.05, 4.69) is 28.0 Å². The summed E-state index contributed by atoms with van der Waals surface area (Å²) in [6.07, 6.45) is 2.90. The van der Waals surface area contributed by atoms with Crippen LogP contribution in [0.4, 0.5) is 0 Å². The predicted octanol–water partition coefficient (Wildman–Crippen LogP) is 1.32. The molecule has 1 rings (SSSR count). The van der Waals surface area contributed by atoms with Crippen LogP contribution in [0.3, 0.4) is 0 Å². The molecular formula is C8H14BrN3. The lowest BCUT2D eigenvalue weighted by atomic mass is 10.1. The number of rotatable bonds is 3. The number of aromatic nitrogens is 2. The molecule has 1 aromatic rings.